The van der Waals surface area contributed by atoms with Crippen molar-refractivity contribution >= 4 is 11.8 Å². The molecule has 8 nitrogen and oxygen atoms in total. The standard InChI is InChI=1S/C23H30N2O6/c1-14(2)20(25-22(26)16-10-17(28-3)12-18(11-16)29-4)23(27)24-13-15-8-7-9-19(30-5)21(15)31-6/h7-12,14,20H,13H2,1-6H3,(H,24,27)(H,25,26). The highest BCUT2D eigenvalue weighted by Gasteiger charge is 2.25. The lowest BCUT2D eigenvalue weighted by atomic mass is 10.0. The largest absolute Gasteiger partial charge is 0.497 e. The number of rotatable bonds is 10. The summed E-state index contributed by atoms with van der Waals surface area (Å²) in [6.07, 6.45) is 0. The van der Waals surface area contributed by atoms with Gasteiger partial charge < -0.3 is 29.6 Å². The molecule has 0 radical (unpaired) electrons. The summed E-state index contributed by atoms with van der Waals surface area (Å²) in [7, 11) is 6.11. The molecule has 0 aliphatic carbocycles. The Morgan fingerprint density at radius 2 is 1.55 bits per heavy atom. The maximum Gasteiger partial charge on any atom is 0.252 e. The van der Waals surface area contributed by atoms with Gasteiger partial charge in [0.2, 0.25) is 5.91 Å². The van der Waals surface area contributed by atoms with E-state index >= 15 is 0 Å². The summed E-state index contributed by atoms with van der Waals surface area (Å²) >= 11 is 0. The Kier molecular flexibility index (Phi) is 8.54. The lowest BCUT2D eigenvalue weighted by molar-refractivity contribution is -0.124. The summed E-state index contributed by atoms with van der Waals surface area (Å²) in [5.74, 6) is 1.27. The van der Waals surface area contributed by atoms with Crippen LogP contribution in [0.3, 0.4) is 0 Å². The molecule has 0 aliphatic rings. The first-order valence-electron chi connectivity index (χ1n) is 9.86. The van der Waals surface area contributed by atoms with Gasteiger partial charge in [-0.15, -0.1) is 0 Å². The van der Waals surface area contributed by atoms with E-state index in [2.05, 4.69) is 10.6 Å². The van der Waals surface area contributed by atoms with Crippen molar-refractivity contribution in [3.63, 3.8) is 0 Å². The molecule has 0 aliphatic heterocycles. The predicted octanol–water partition coefficient (Wildman–Crippen LogP) is 2.79. The third-order valence-electron chi connectivity index (χ3n) is 4.79. The smallest absolute Gasteiger partial charge is 0.252 e. The molecule has 2 aromatic rings. The van der Waals surface area contributed by atoms with E-state index in [4.69, 9.17) is 18.9 Å². The number of amides is 2. The number of para-hydroxylation sites is 1. The number of carbonyl (C=O) groups excluding carboxylic acids is 2. The minimum absolute atomic E-state index is 0.136. The normalized spacial score (nSPS) is 11.5. The molecule has 0 spiro atoms. The van der Waals surface area contributed by atoms with Crippen LogP contribution in [0.1, 0.15) is 29.8 Å². The van der Waals surface area contributed by atoms with Gasteiger partial charge in [-0.2, -0.15) is 0 Å². The second-order valence-electron chi connectivity index (χ2n) is 7.17. The minimum atomic E-state index is -0.735. The Labute approximate surface area is 182 Å². The van der Waals surface area contributed by atoms with Gasteiger partial charge in [0.15, 0.2) is 11.5 Å². The highest BCUT2D eigenvalue weighted by molar-refractivity contribution is 5.98. The van der Waals surface area contributed by atoms with Gasteiger partial charge in [-0.3, -0.25) is 9.59 Å². The van der Waals surface area contributed by atoms with Crippen LogP contribution in [0.15, 0.2) is 36.4 Å². The zero-order valence-corrected chi connectivity index (χ0v) is 18.8. The topological polar surface area (TPSA) is 95.1 Å². The van der Waals surface area contributed by atoms with E-state index in [0.717, 1.165) is 5.56 Å². The summed E-state index contributed by atoms with van der Waals surface area (Å²) in [6.45, 7) is 3.96. The number of benzene rings is 2. The quantitative estimate of drug-likeness (QED) is 0.602. The molecule has 0 bridgehead atoms. The van der Waals surface area contributed by atoms with Crippen molar-refractivity contribution in [3.05, 3.63) is 47.5 Å². The second kappa shape index (κ2) is 11.1. The molecular formula is C23H30N2O6. The summed E-state index contributed by atoms with van der Waals surface area (Å²) < 4.78 is 21.1. The van der Waals surface area contributed by atoms with Crippen molar-refractivity contribution in [2.45, 2.75) is 26.4 Å². The predicted molar refractivity (Wildman–Crippen MR) is 117 cm³/mol. The highest BCUT2D eigenvalue weighted by atomic mass is 16.5. The van der Waals surface area contributed by atoms with Crippen molar-refractivity contribution < 1.29 is 28.5 Å². The first-order valence-corrected chi connectivity index (χ1v) is 9.86. The molecule has 31 heavy (non-hydrogen) atoms. The minimum Gasteiger partial charge on any atom is -0.497 e. The molecule has 0 saturated heterocycles. The van der Waals surface area contributed by atoms with Gasteiger partial charge in [0.05, 0.1) is 28.4 Å². The Morgan fingerprint density at radius 3 is 2.06 bits per heavy atom. The van der Waals surface area contributed by atoms with Gasteiger partial charge in [0.25, 0.3) is 5.91 Å². The molecule has 8 heteroatoms. The van der Waals surface area contributed by atoms with E-state index in [1.54, 1.807) is 38.5 Å². The number of hydrogen-bond acceptors (Lipinski definition) is 6. The number of ether oxygens (including phenoxy) is 4. The molecule has 2 rings (SSSR count). The fourth-order valence-corrected chi connectivity index (χ4v) is 3.08. The lowest BCUT2D eigenvalue weighted by Gasteiger charge is -2.22. The molecule has 2 amide bonds. The van der Waals surface area contributed by atoms with Crippen LogP contribution in [-0.4, -0.2) is 46.3 Å². The Hall–Kier alpha value is -3.42. The van der Waals surface area contributed by atoms with Crippen LogP contribution in [-0.2, 0) is 11.3 Å². The Bertz CT molecular complexity index is 891. The van der Waals surface area contributed by atoms with Crippen LogP contribution < -0.4 is 29.6 Å². The lowest BCUT2D eigenvalue weighted by Crippen LogP contribution is -2.49. The third kappa shape index (κ3) is 6.04. The third-order valence-corrected chi connectivity index (χ3v) is 4.79. The van der Waals surface area contributed by atoms with Gasteiger partial charge in [-0.05, 0) is 24.1 Å². The number of nitrogens with one attached hydrogen (secondary N) is 2. The van der Waals surface area contributed by atoms with Crippen molar-refractivity contribution in [1.82, 2.24) is 10.6 Å². The molecular weight excluding hydrogens is 400 g/mol. The van der Waals surface area contributed by atoms with Crippen LogP contribution in [0, 0.1) is 5.92 Å². The zero-order chi connectivity index (χ0) is 23.0. The fraction of sp³-hybridized carbons (Fsp3) is 0.391. The van der Waals surface area contributed by atoms with Gasteiger partial charge in [-0.25, -0.2) is 0 Å². The molecule has 2 aromatic carbocycles. The summed E-state index contributed by atoms with van der Waals surface area (Å²) in [6, 6.07) is 9.56. The van der Waals surface area contributed by atoms with Crippen LogP contribution in [0.2, 0.25) is 0 Å². The number of methoxy groups -OCH3 is 4. The van der Waals surface area contributed by atoms with Crippen molar-refractivity contribution in [2.75, 3.05) is 28.4 Å². The van der Waals surface area contributed by atoms with Gasteiger partial charge in [-0.1, -0.05) is 26.0 Å². The van der Waals surface area contributed by atoms with E-state index in [0.29, 0.717) is 28.6 Å². The molecule has 0 heterocycles. The average Bonchev–Trinajstić information content (AvgIpc) is 2.79. The average molecular weight is 431 g/mol. The summed E-state index contributed by atoms with van der Waals surface area (Å²) in [5, 5.41) is 5.67. The van der Waals surface area contributed by atoms with Crippen LogP contribution in [0.4, 0.5) is 0 Å². The van der Waals surface area contributed by atoms with Crippen molar-refractivity contribution in [3.8, 4) is 23.0 Å². The van der Waals surface area contributed by atoms with Crippen LogP contribution >= 0.6 is 0 Å². The van der Waals surface area contributed by atoms with E-state index in [-0.39, 0.29) is 18.4 Å². The highest BCUT2D eigenvalue weighted by Crippen LogP contribution is 2.30. The van der Waals surface area contributed by atoms with Crippen molar-refractivity contribution in [1.29, 1.82) is 0 Å². The fourth-order valence-electron chi connectivity index (χ4n) is 3.08. The number of carbonyl (C=O) groups is 2. The molecule has 0 saturated carbocycles. The Balaban J connectivity index is 2.14. The summed E-state index contributed by atoms with van der Waals surface area (Å²) in [5.41, 5.74) is 1.10. The van der Waals surface area contributed by atoms with E-state index in [1.807, 2.05) is 26.0 Å². The van der Waals surface area contributed by atoms with Crippen LogP contribution in [0.25, 0.3) is 0 Å². The van der Waals surface area contributed by atoms with Gasteiger partial charge in [0.1, 0.15) is 17.5 Å². The van der Waals surface area contributed by atoms with Gasteiger partial charge in [0, 0.05) is 23.7 Å². The second-order valence-corrected chi connectivity index (χ2v) is 7.17. The maximum absolute atomic E-state index is 12.9. The maximum atomic E-state index is 12.9. The first kappa shape index (κ1) is 23.9. The van der Waals surface area contributed by atoms with Crippen molar-refractivity contribution in [2.24, 2.45) is 5.92 Å². The molecule has 1 unspecified atom stereocenters. The van der Waals surface area contributed by atoms with Gasteiger partial charge >= 0.3 is 0 Å². The van der Waals surface area contributed by atoms with E-state index < -0.39 is 11.9 Å². The molecule has 0 fully saturated rings. The van der Waals surface area contributed by atoms with Crippen LogP contribution in [0.5, 0.6) is 23.0 Å². The molecule has 2 N–H and O–H groups in total. The van der Waals surface area contributed by atoms with E-state index in [1.165, 1.54) is 14.2 Å². The molecule has 0 aromatic heterocycles. The van der Waals surface area contributed by atoms with E-state index in [9.17, 15) is 9.59 Å². The SMILES string of the molecule is COc1cc(OC)cc(C(=O)NC(C(=O)NCc2cccc(OC)c2OC)C(C)C)c1. The molecule has 1 atom stereocenters. The zero-order valence-electron chi connectivity index (χ0n) is 18.8. The Morgan fingerprint density at radius 1 is 0.903 bits per heavy atom. The monoisotopic (exact) mass is 430 g/mol. The summed E-state index contributed by atoms with van der Waals surface area (Å²) in [4.78, 5) is 25.7. The first-order chi connectivity index (χ1) is 14.8. The number of hydrogen-bond donors (Lipinski definition) is 2. The molecule has 168 valence electrons.